The van der Waals surface area contributed by atoms with E-state index in [1.54, 1.807) is 0 Å². The van der Waals surface area contributed by atoms with Crippen molar-refractivity contribution in [2.45, 2.75) is 61.2 Å². The summed E-state index contributed by atoms with van der Waals surface area (Å²) in [5, 5.41) is 15.5. The van der Waals surface area contributed by atoms with Crippen LogP contribution in [0.1, 0.15) is 50.1 Å². The van der Waals surface area contributed by atoms with E-state index in [0.29, 0.717) is 0 Å². The van der Waals surface area contributed by atoms with Gasteiger partial charge in [-0.2, -0.15) is 0 Å². The molecule has 6 rings (SSSR count). The molecule has 4 heteroatoms. The molecule has 3 N–H and O–H groups in total. The predicted octanol–water partition coefficient (Wildman–Crippen LogP) is 10.1. The third kappa shape index (κ3) is 8.79. The highest BCUT2D eigenvalue weighted by Crippen LogP contribution is 2.37. The van der Waals surface area contributed by atoms with Gasteiger partial charge in [0.25, 0.3) is 0 Å². The SMILES string of the molecule is Cc1cc(C)cc(NCc2ccccc2P(c2ccccc2CNc2cc(C)cc(C)c2)c2ccccc2CNc2cc(C)cc(C)c2)c1. The lowest BCUT2D eigenvalue weighted by Crippen LogP contribution is -2.29. The first-order chi connectivity index (χ1) is 23.7. The fourth-order valence-corrected chi connectivity index (χ4v) is 9.65. The van der Waals surface area contributed by atoms with Crippen molar-refractivity contribution in [3.63, 3.8) is 0 Å². The molecule has 0 aliphatic carbocycles. The molecule has 6 aromatic rings. The quantitative estimate of drug-likeness (QED) is 0.114. The van der Waals surface area contributed by atoms with E-state index < -0.39 is 7.92 Å². The second kappa shape index (κ2) is 15.6. The highest BCUT2D eigenvalue weighted by Gasteiger charge is 2.24. The van der Waals surface area contributed by atoms with Crippen molar-refractivity contribution >= 4 is 40.9 Å². The van der Waals surface area contributed by atoms with E-state index in [1.807, 2.05) is 0 Å². The molecule has 0 bridgehead atoms. The van der Waals surface area contributed by atoms with Crippen LogP contribution in [-0.2, 0) is 19.6 Å². The molecule has 0 aliphatic heterocycles. The number of benzene rings is 6. The zero-order chi connectivity index (χ0) is 34.3. The fourth-order valence-electron chi connectivity index (χ4n) is 6.85. The van der Waals surface area contributed by atoms with Gasteiger partial charge in [0.2, 0.25) is 0 Å². The first kappa shape index (κ1) is 34.0. The van der Waals surface area contributed by atoms with E-state index in [1.165, 1.54) is 66.0 Å². The molecule has 248 valence electrons. The molecule has 0 heterocycles. The van der Waals surface area contributed by atoms with Gasteiger partial charge in [-0.25, -0.2) is 0 Å². The lowest BCUT2D eigenvalue weighted by atomic mass is 10.1. The molecular formula is C45H48N3P. The predicted molar refractivity (Wildman–Crippen MR) is 215 cm³/mol. The average molecular weight is 662 g/mol. The van der Waals surface area contributed by atoms with E-state index in [4.69, 9.17) is 0 Å². The minimum absolute atomic E-state index is 0.754. The summed E-state index contributed by atoms with van der Waals surface area (Å²) in [5.74, 6) is 0. The Morgan fingerprint density at radius 3 is 0.857 bits per heavy atom. The molecule has 0 amide bonds. The van der Waals surface area contributed by atoms with Gasteiger partial charge in [-0.3, -0.25) is 0 Å². The van der Waals surface area contributed by atoms with Crippen LogP contribution in [0, 0.1) is 41.5 Å². The lowest BCUT2D eigenvalue weighted by molar-refractivity contribution is 1.15. The average Bonchev–Trinajstić information content (AvgIpc) is 3.06. The van der Waals surface area contributed by atoms with Crippen molar-refractivity contribution in [2.24, 2.45) is 0 Å². The third-order valence-electron chi connectivity index (χ3n) is 8.81. The van der Waals surface area contributed by atoms with E-state index in [2.05, 4.69) is 185 Å². The molecule has 0 unspecified atom stereocenters. The minimum atomic E-state index is -0.907. The Morgan fingerprint density at radius 2 is 0.592 bits per heavy atom. The molecule has 6 aromatic carbocycles. The summed E-state index contributed by atoms with van der Waals surface area (Å²) in [6.45, 7) is 15.2. The second-order valence-electron chi connectivity index (χ2n) is 13.4. The number of hydrogen-bond donors (Lipinski definition) is 3. The summed E-state index contributed by atoms with van der Waals surface area (Å²) < 4.78 is 0. The van der Waals surface area contributed by atoms with E-state index >= 15 is 0 Å². The molecule has 3 nitrogen and oxygen atoms in total. The maximum Gasteiger partial charge on any atom is 0.0407 e. The highest BCUT2D eigenvalue weighted by molar-refractivity contribution is 7.80. The fraction of sp³-hybridized carbons (Fsp3) is 0.200. The maximum absolute atomic E-state index is 3.77. The largest absolute Gasteiger partial charge is 0.381 e. The Balaban J connectivity index is 1.42. The zero-order valence-corrected chi connectivity index (χ0v) is 30.6. The smallest absolute Gasteiger partial charge is 0.0407 e. The first-order valence-corrected chi connectivity index (χ1v) is 18.6. The van der Waals surface area contributed by atoms with Crippen LogP contribution < -0.4 is 31.9 Å². The summed E-state index contributed by atoms with van der Waals surface area (Å²) in [6.07, 6.45) is 0. The van der Waals surface area contributed by atoms with Gasteiger partial charge in [-0.1, -0.05) is 91.0 Å². The maximum atomic E-state index is 3.77. The van der Waals surface area contributed by atoms with Gasteiger partial charge in [0.05, 0.1) is 0 Å². The van der Waals surface area contributed by atoms with Crippen molar-refractivity contribution in [2.75, 3.05) is 16.0 Å². The van der Waals surface area contributed by atoms with Gasteiger partial charge in [0.1, 0.15) is 0 Å². The van der Waals surface area contributed by atoms with Crippen molar-refractivity contribution in [3.8, 4) is 0 Å². The Kier molecular flexibility index (Phi) is 10.8. The number of nitrogens with one attached hydrogen (secondary N) is 3. The van der Waals surface area contributed by atoms with Crippen LogP contribution in [0.2, 0.25) is 0 Å². The van der Waals surface area contributed by atoms with Gasteiger partial charge < -0.3 is 16.0 Å². The van der Waals surface area contributed by atoms with Crippen molar-refractivity contribution < 1.29 is 0 Å². The van der Waals surface area contributed by atoms with Crippen molar-refractivity contribution in [1.82, 2.24) is 0 Å². The molecule has 0 spiro atoms. The third-order valence-corrected chi connectivity index (χ3v) is 11.6. The highest BCUT2D eigenvalue weighted by atomic mass is 31.1. The molecule has 0 saturated heterocycles. The lowest BCUT2D eigenvalue weighted by Gasteiger charge is -2.27. The number of rotatable bonds is 12. The van der Waals surface area contributed by atoms with Crippen LogP contribution in [0.25, 0.3) is 0 Å². The topological polar surface area (TPSA) is 36.1 Å². The molecule has 0 atom stereocenters. The summed E-state index contributed by atoms with van der Waals surface area (Å²) >= 11 is 0. The monoisotopic (exact) mass is 661 g/mol. The van der Waals surface area contributed by atoms with Crippen molar-refractivity contribution in [3.05, 3.63) is 177 Å². The Bertz CT molecular complexity index is 1770. The summed E-state index contributed by atoms with van der Waals surface area (Å²) in [7, 11) is -0.907. The number of aryl methyl sites for hydroxylation is 6. The Hall–Kier alpha value is -4.85. The summed E-state index contributed by atoms with van der Waals surface area (Å²) in [6, 6.07) is 47.2. The molecule has 0 radical (unpaired) electrons. The van der Waals surface area contributed by atoms with E-state index in [-0.39, 0.29) is 0 Å². The standard InChI is InChI=1S/C45H48N3P/c1-31-19-32(2)23-40(22-31)46-28-37-13-7-10-16-43(37)49(44-17-11-8-14-38(44)29-47-41-24-33(3)20-34(4)25-41)45-18-12-9-15-39(45)30-48-42-26-35(5)21-36(6)27-42/h7-27,46-48H,28-30H2,1-6H3. The van der Waals surface area contributed by atoms with Gasteiger partial charge in [0.15, 0.2) is 0 Å². The van der Waals surface area contributed by atoms with Crippen LogP contribution >= 0.6 is 7.92 Å². The number of anilines is 3. The summed E-state index contributed by atoms with van der Waals surface area (Å²) in [4.78, 5) is 0. The van der Waals surface area contributed by atoms with Gasteiger partial charge in [0, 0.05) is 36.7 Å². The molecule has 0 saturated carbocycles. The van der Waals surface area contributed by atoms with Crippen LogP contribution in [-0.4, -0.2) is 0 Å². The van der Waals surface area contributed by atoms with Crippen LogP contribution in [0.4, 0.5) is 17.1 Å². The molecule has 0 aliphatic rings. The van der Waals surface area contributed by atoms with Crippen LogP contribution in [0.5, 0.6) is 0 Å². The van der Waals surface area contributed by atoms with Gasteiger partial charge >= 0.3 is 0 Å². The van der Waals surface area contributed by atoms with Crippen LogP contribution in [0.3, 0.4) is 0 Å². The van der Waals surface area contributed by atoms with Gasteiger partial charge in [-0.15, -0.1) is 0 Å². The van der Waals surface area contributed by atoms with Gasteiger partial charge in [-0.05, 0) is 152 Å². The van der Waals surface area contributed by atoms with Crippen molar-refractivity contribution in [1.29, 1.82) is 0 Å². The molecule has 49 heavy (non-hydrogen) atoms. The first-order valence-electron chi connectivity index (χ1n) is 17.2. The van der Waals surface area contributed by atoms with Crippen LogP contribution in [0.15, 0.2) is 127 Å². The zero-order valence-electron chi connectivity index (χ0n) is 29.7. The Labute approximate surface area is 294 Å². The van der Waals surface area contributed by atoms with E-state index in [0.717, 1.165) is 36.7 Å². The number of hydrogen-bond acceptors (Lipinski definition) is 3. The minimum Gasteiger partial charge on any atom is -0.381 e. The Morgan fingerprint density at radius 1 is 0.347 bits per heavy atom. The molecular weight excluding hydrogens is 613 g/mol. The normalized spacial score (nSPS) is 11.1. The molecule has 0 fully saturated rings. The second-order valence-corrected chi connectivity index (χ2v) is 15.5. The van der Waals surface area contributed by atoms with E-state index in [9.17, 15) is 0 Å². The summed E-state index contributed by atoms with van der Waals surface area (Å²) in [5.41, 5.74) is 15.1. The molecule has 0 aromatic heterocycles.